The van der Waals surface area contributed by atoms with Gasteiger partial charge in [-0.05, 0) is 51.5 Å². The fourth-order valence-corrected chi connectivity index (χ4v) is 3.60. The molecule has 2 rings (SSSR count). The predicted octanol–water partition coefficient (Wildman–Crippen LogP) is 4.75. The largest absolute Gasteiger partial charge is 0.387 e. The lowest BCUT2D eigenvalue weighted by atomic mass is 10.1. The minimum Gasteiger partial charge on any atom is -0.387 e. The van der Waals surface area contributed by atoms with Crippen LogP contribution in [0.2, 0.25) is 5.02 Å². The fraction of sp³-hybridized carbons (Fsp3) is 0.231. The highest BCUT2D eigenvalue weighted by Gasteiger charge is 2.14. The second kappa shape index (κ2) is 5.53. The third kappa shape index (κ3) is 3.10. The maximum atomic E-state index is 10.2. The van der Waals surface area contributed by atoms with Gasteiger partial charge >= 0.3 is 0 Å². The monoisotopic (exact) mass is 330 g/mol. The molecule has 0 aliphatic carbocycles. The number of benzene rings is 1. The summed E-state index contributed by atoms with van der Waals surface area (Å²) in [5.41, 5.74) is 2.11. The summed E-state index contributed by atoms with van der Waals surface area (Å²) < 4.78 is 0.957. The molecule has 0 spiro atoms. The van der Waals surface area contributed by atoms with Gasteiger partial charge < -0.3 is 5.11 Å². The summed E-state index contributed by atoms with van der Waals surface area (Å²) in [6.45, 7) is 2.00. The van der Waals surface area contributed by atoms with E-state index in [1.54, 1.807) is 11.3 Å². The van der Waals surface area contributed by atoms with Crippen molar-refractivity contribution in [1.29, 1.82) is 0 Å². The van der Waals surface area contributed by atoms with Gasteiger partial charge in [-0.2, -0.15) is 0 Å². The lowest BCUT2D eigenvalue weighted by Crippen LogP contribution is -2.01. The molecule has 17 heavy (non-hydrogen) atoms. The number of aryl methyl sites for hydroxylation is 1. The molecule has 1 unspecified atom stereocenters. The Kier molecular flexibility index (Phi) is 4.26. The fourth-order valence-electron chi connectivity index (χ4n) is 1.66. The van der Waals surface area contributed by atoms with Crippen molar-refractivity contribution in [3.8, 4) is 0 Å². The highest BCUT2D eigenvalue weighted by atomic mass is 79.9. The van der Waals surface area contributed by atoms with E-state index in [1.165, 1.54) is 0 Å². The zero-order valence-electron chi connectivity index (χ0n) is 9.28. The summed E-state index contributed by atoms with van der Waals surface area (Å²) in [5, 5.41) is 12.8. The Morgan fingerprint density at radius 2 is 2.18 bits per heavy atom. The van der Waals surface area contributed by atoms with Crippen LogP contribution in [0.15, 0.2) is 34.1 Å². The van der Waals surface area contributed by atoms with Crippen LogP contribution in [0.25, 0.3) is 0 Å². The highest BCUT2D eigenvalue weighted by molar-refractivity contribution is 9.10. The molecule has 1 aromatic heterocycles. The first-order valence-electron chi connectivity index (χ1n) is 5.24. The van der Waals surface area contributed by atoms with Gasteiger partial charge in [0.25, 0.3) is 0 Å². The van der Waals surface area contributed by atoms with E-state index in [2.05, 4.69) is 15.9 Å². The molecule has 1 atom stereocenters. The van der Waals surface area contributed by atoms with Crippen LogP contribution in [0.3, 0.4) is 0 Å². The molecule has 0 bridgehead atoms. The predicted molar refractivity (Wildman–Crippen MR) is 76.9 cm³/mol. The van der Waals surface area contributed by atoms with Crippen molar-refractivity contribution in [2.24, 2.45) is 0 Å². The summed E-state index contributed by atoms with van der Waals surface area (Å²) in [7, 11) is 0. The number of hydrogen-bond acceptors (Lipinski definition) is 2. The van der Waals surface area contributed by atoms with Crippen LogP contribution in [0.1, 0.15) is 22.1 Å². The first-order chi connectivity index (χ1) is 8.08. The summed E-state index contributed by atoms with van der Waals surface area (Å²) in [6.07, 6.45) is 0.0303. The quantitative estimate of drug-likeness (QED) is 0.860. The van der Waals surface area contributed by atoms with Crippen LogP contribution in [-0.2, 0) is 6.42 Å². The number of aliphatic hydroxyl groups excluding tert-OH is 1. The second-order valence-corrected chi connectivity index (χ2v) is 6.16. The molecule has 1 nitrogen and oxygen atoms in total. The van der Waals surface area contributed by atoms with Crippen molar-refractivity contribution >= 4 is 38.9 Å². The molecule has 0 saturated carbocycles. The maximum absolute atomic E-state index is 10.2. The van der Waals surface area contributed by atoms with E-state index in [4.69, 9.17) is 11.6 Å². The molecule has 90 valence electrons. The lowest BCUT2D eigenvalue weighted by Gasteiger charge is -2.11. The molecular weight excluding hydrogens is 320 g/mol. The van der Waals surface area contributed by atoms with Gasteiger partial charge in [-0.25, -0.2) is 0 Å². The van der Waals surface area contributed by atoms with E-state index in [9.17, 15) is 5.11 Å². The summed E-state index contributed by atoms with van der Waals surface area (Å²) in [6, 6.07) is 7.85. The third-order valence-corrected chi connectivity index (χ3v) is 4.89. The number of hydrogen-bond donors (Lipinski definition) is 1. The second-order valence-electron chi connectivity index (χ2n) is 3.95. The molecule has 0 amide bonds. The van der Waals surface area contributed by atoms with Crippen LogP contribution < -0.4 is 0 Å². The molecule has 0 saturated heterocycles. The molecule has 4 heteroatoms. The molecule has 0 fully saturated rings. The molecule has 0 aliphatic heterocycles. The van der Waals surface area contributed by atoms with Gasteiger partial charge in [0.1, 0.15) is 0 Å². The molecular formula is C13H12BrClOS. The van der Waals surface area contributed by atoms with Crippen LogP contribution in [0.4, 0.5) is 0 Å². The van der Waals surface area contributed by atoms with E-state index in [0.717, 1.165) is 25.5 Å². The Bertz CT molecular complexity index is 524. The van der Waals surface area contributed by atoms with Gasteiger partial charge in [-0.3, -0.25) is 0 Å². The van der Waals surface area contributed by atoms with Crippen molar-refractivity contribution in [2.75, 3.05) is 0 Å². The molecule has 2 aromatic rings. The smallest absolute Gasteiger partial charge is 0.0934 e. The average molecular weight is 332 g/mol. The summed E-state index contributed by atoms with van der Waals surface area (Å²) in [4.78, 5) is 0.946. The maximum Gasteiger partial charge on any atom is 0.0934 e. The Labute approximate surface area is 118 Å². The van der Waals surface area contributed by atoms with Gasteiger partial charge in [0.2, 0.25) is 0 Å². The van der Waals surface area contributed by atoms with E-state index in [0.29, 0.717) is 6.42 Å². The first kappa shape index (κ1) is 13.1. The molecule has 1 heterocycles. The average Bonchev–Trinajstić information content (AvgIpc) is 2.68. The molecule has 0 aliphatic rings. The zero-order chi connectivity index (χ0) is 12.4. The number of rotatable bonds is 3. The van der Waals surface area contributed by atoms with Gasteiger partial charge in [-0.15, -0.1) is 11.3 Å². The van der Waals surface area contributed by atoms with Crippen molar-refractivity contribution in [1.82, 2.24) is 0 Å². The summed E-state index contributed by atoms with van der Waals surface area (Å²) >= 11 is 11.1. The van der Waals surface area contributed by atoms with Gasteiger partial charge in [0.15, 0.2) is 0 Å². The van der Waals surface area contributed by atoms with E-state index >= 15 is 0 Å². The topological polar surface area (TPSA) is 20.2 Å². The Hall–Kier alpha value is -0.350. The van der Waals surface area contributed by atoms with Gasteiger partial charge in [-0.1, -0.05) is 23.7 Å². The van der Waals surface area contributed by atoms with E-state index < -0.39 is 6.10 Å². The van der Waals surface area contributed by atoms with Crippen molar-refractivity contribution in [3.05, 3.63) is 55.1 Å². The number of aliphatic hydroxyl groups is 1. The standard InChI is InChI=1S/C13H12BrClOS/c1-8-2-3-9(11(15)6-8)7-12(16)13-10(14)4-5-17-13/h2-6,12,16H,7H2,1H3. The first-order valence-corrected chi connectivity index (χ1v) is 7.29. The van der Waals surface area contributed by atoms with Crippen molar-refractivity contribution in [3.63, 3.8) is 0 Å². The number of halogens is 2. The van der Waals surface area contributed by atoms with Crippen molar-refractivity contribution < 1.29 is 5.11 Å². The van der Waals surface area contributed by atoms with Crippen LogP contribution in [-0.4, -0.2) is 5.11 Å². The van der Waals surface area contributed by atoms with Crippen LogP contribution in [0.5, 0.6) is 0 Å². The Balaban J connectivity index is 2.19. The zero-order valence-corrected chi connectivity index (χ0v) is 12.4. The highest BCUT2D eigenvalue weighted by Crippen LogP contribution is 2.32. The van der Waals surface area contributed by atoms with Gasteiger partial charge in [0.05, 0.1) is 6.10 Å². The van der Waals surface area contributed by atoms with E-state index in [-0.39, 0.29) is 0 Å². The van der Waals surface area contributed by atoms with Crippen LogP contribution in [0, 0.1) is 6.92 Å². The third-order valence-electron chi connectivity index (χ3n) is 2.57. The minimum absolute atomic E-state index is 0.510. The molecule has 0 radical (unpaired) electrons. The van der Waals surface area contributed by atoms with Crippen LogP contribution >= 0.6 is 38.9 Å². The minimum atomic E-state index is -0.510. The van der Waals surface area contributed by atoms with E-state index in [1.807, 2.05) is 36.6 Å². The SMILES string of the molecule is Cc1ccc(CC(O)c2sccc2Br)c(Cl)c1. The van der Waals surface area contributed by atoms with Gasteiger partial charge in [0, 0.05) is 20.8 Å². The lowest BCUT2D eigenvalue weighted by molar-refractivity contribution is 0.181. The number of thiophene rings is 1. The summed E-state index contributed by atoms with van der Waals surface area (Å²) in [5.74, 6) is 0. The normalized spacial score (nSPS) is 12.7. The Morgan fingerprint density at radius 3 is 2.76 bits per heavy atom. The molecule has 1 N–H and O–H groups in total. The molecule has 1 aromatic carbocycles. The van der Waals surface area contributed by atoms with Crippen molar-refractivity contribution in [2.45, 2.75) is 19.4 Å². The Morgan fingerprint density at radius 1 is 1.41 bits per heavy atom.